The second-order valence-electron chi connectivity index (χ2n) is 3.49. The topological polar surface area (TPSA) is 75.6 Å². The number of benzene rings is 1. The number of esters is 1. The standard InChI is InChI=1S/C11H10F3NO4/c1-19-11(18)8(4-16)15-10(17)5-2-6(12)9(14)7(13)3-5/h2-3,8,16H,4H2,1H3,(H,15,17)/t8-/m0/s1. The number of rotatable bonds is 4. The molecule has 1 amide bonds. The van der Waals surface area contributed by atoms with Crippen molar-refractivity contribution in [2.45, 2.75) is 6.04 Å². The highest BCUT2D eigenvalue weighted by Crippen LogP contribution is 2.13. The van der Waals surface area contributed by atoms with Gasteiger partial charge in [-0.15, -0.1) is 0 Å². The SMILES string of the molecule is COC(=O)[C@H](CO)NC(=O)c1cc(F)c(F)c(F)c1. The molecule has 0 unspecified atom stereocenters. The van der Waals surface area contributed by atoms with Gasteiger partial charge in [-0.25, -0.2) is 18.0 Å². The Labute approximate surface area is 106 Å². The maximum atomic E-state index is 12.9. The minimum absolute atomic E-state index is 0.472. The van der Waals surface area contributed by atoms with Crippen LogP contribution in [0.5, 0.6) is 0 Å². The van der Waals surface area contributed by atoms with E-state index >= 15 is 0 Å². The molecule has 5 nitrogen and oxygen atoms in total. The molecule has 19 heavy (non-hydrogen) atoms. The Hall–Kier alpha value is -2.09. The Morgan fingerprint density at radius 3 is 2.26 bits per heavy atom. The Morgan fingerprint density at radius 1 is 1.32 bits per heavy atom. The smallest absolute Gasteiger partial charge is 0.330 e. The third-order valence-electron chi connectivity index (χ3n) is 2.22. The largest absolute Gasteiger partial charge is 0.467 e. The fourth-order valence-corrected chi connectivity index (χ4v) is 1.25. The van der Waals surface area contributed by atoms with Crippen molar-refractivity contribution in [3.05, 3.63) is 35.1 Å². The van der Waals surface area contributed by atoms with Crippen LogP contribution in [0.25, 0.3) is 0 Å². The van der Waals surface area contributed by atoms with E-state index in [1.54, 1.807) is 0 Å². The average Bonchev–Trinajstić information content (AvgIpc) is 2.40. The zero-order chi connectivity index (χ0) is 14.6. The molecular formula is C11H10F3NO4. The normalized spacial score (nSPS) is 11.8. The quantitative estimate of drug-likeness (QED) is 0.616. The first-order valence-corrected chi connectivity index (χ1v) is 5.04. The molecule has 0 bridgehead atoms. The predicted molar refractivity (Wildman–Crippen MR) is 56.7 cm³/mol. The van der Waals surface area contributed by atoms with Crippen LogP contribution in [0, 0.1) is 17.5 Å². The molecular weight excluding hydrogens is 267 g/mol. The highest BCUT2D eigenvalue weighted by Gasteiger charge is 2.22. The van der Waals surface area contributed by atoms with Crippen molar-refractivity contribution in [1.29, 1.82) is 0 Å². The Morgan fingerprint density at radius 2 is 1.84 bits per heavy atom. The molecule has 0 saturated heterocycles. The predicted octanol–water partition coefficient (Wildman–Crippen LogP) is 0.368. The van der Waals surface area contributed by atoms with Crippen LogP contribution >= 0.6 is 0 Å². The van der Waals surface area contributed by atoms with Crippen LogP contribution in [0.2, 0.25) is 0 Å². The van der Waals surface area contributed by atoms with E-state index in [2.05, 4.69) is 4.74 Å². The van der Waals surface area contributed by atoms with Gasteiger partial charge in [0.15, 0.2) is 23.5 Å². The minimum Gasteiger partial charge on any atom is -0.467 e. The highest BCUT2D eigenvalue weighted by molar-refractivity contribution is 5.96. The summed E-state index contributed by atoms with van der Waals surface area (Å²) in [6, 6.07) is -0.437. The van der Waals surface area contributed by atoms with Gasteiger partial charge in [0.2, 0.25) is 0 Å². The number of carbonyl (C=O) groups is 2. The molecule has 0 heterocycles. The van der Waals surface area contributed by atoms with Gasteiger partial charge in [-0.2, -0.15) is 0 Å². The van der Waals surface area contributed by atoms with Crippen molar-refractivity contribution >= 4 is 11.9 Å². The van der Waals surface area contributed by atoms with E-state index in [4.69, 9.17) is 5.11 Å². The fourth-order valence-electron chi connectivity index (χ4n) is 1.25. The van der Waals surface area contributed by atoms with E-state index in [0.717, 1.165) is 7.11 Å². The summed E-state index contributed by atoms with van der Waals surface area (Å²) in [5, 5.41) is 10.8. The summed E-state index contributed by atoms with van der Waals surface area (Å²) in [5.74, 6) is -6.77. The van der Waals surface area contributed by atoms with Gasteiger partial charge >= 0.3 is 5.97 Å². The average molecular weight is 277 g/mol. The number of amides is 1. The molecule has 0 spiro atoms. The number of aliphatic hydroxyl groups is 1. The molecule has 1 rings (SSSR count). The first kappa shape index (κ1) is 15.0. The summed E-state index contributed by atoms with van der Waals surface area (Å²) in [6.07, 6.45) is 0. The number of carbonyl (C=O) groups excluding carboxylic acids is 2. The van der Waals surface area contributed by atoms with Crippen LogP contribution in [0.4, 0.5) is 13.2 Å². The van der Waals surface area contributed by atoms with Gasteiger partial charge in [0.05, 0.1) is 13.7 Å². The molecule has 8 heteroatoms. The number of methoxy groups -OCH3 is 1. The molecule has 2 N–H and O–H groups in total. The van der Waals surface area contributed by atoms with E-state index in [1.807, 2.05) is 5.32 Å². The van der Waals surface area contributed by atoms with Crippen molar-refractivity contribution in [3.63, 3.8) is 0 Å². The molecule has 0 radical (unpaired) electrons. The summed E-state index contributed by atoms with van der Waals surface area (Å²) >= 11 is 0. The van der Waals surface area contributed by atoms with Gasteiger partial charge in [-0.3, -0.25) is 4.79 Å². The fraction of sp³-hybridized carbons (Fsp3) is 0.273. The van der Waals surface area contributed by atoms with Gasteiger partial charge in [0, 0.05) is 5.56 Å². The van der Waals surface area contributed by atoms with Gasteiger partial charge in [0.1, 0.15) is 0 Å². The van der Waals surface area contributed by atoms with Crippen LogP contribution in [-0.2, 0) is 9.53 Å². The molecule has 0 aliphatic heterocycles. The minimum atomic E-state index is -1.71. The third kappa shape index (κ3) is 3.44. The molecule has 1 aromatic rings. The van der Waals surface area contributed by atoms with Crippen molar-refractivity contribution in [1.82, 2.24) is 5.32 Å². The lowest BCUT2D eigenvalue weighted by Crippen LogP contribution is -2.44. The number of hydrogen-bond acceptors (Lipinski definition) is 4. The molecule has 0 aliphatic rings. The highest BCUT2D eigenvalue weighted by atomic mass is 19.2. The molecule has 0 aromatic heterocycles. The molecule has 0 aliphatic carbocycles. The number of aliphatic hydroxyl groups excluding tert-OH is 1. The lowest BCUT2D eigenvalue weighted by molar-refractivity contribution is -0.143. The summed E-state index contributed by atoms with van der Waals surface area (Å²) in [4.78, 5) is 22.7. The van der Waals surface area contributed by atoms with E-state index in [1.165, 1.54) is 0 Å². The van der Waals surface area contributed by atoms with E-state index in [9.17, 15) is 22.8 Å². The maximum Gasteiger partial charge on any atom is 0.330 e. The van der Waals surface area contributed by atoms with E-state index in [-0.39, 0.29) is 0 Å². The third-order valence-corrected chi connectivity index (χ3v) is 2.22. The van der Waals surface area contributed by atoms with Gasteiger partial charge < -0.3 is 15.2 Å². The number of hydrogen-bond donors (Lipinski definition) is 2. The van der Waals surface area contributed by atoms with E-state index < -0.39 is 47.5 Å². The molecule has 104 valence electrons. The van der Waals surface area contributed by atoms with Crippen molar-refractivity contribution in [2.75, 3.05) is 13.7 Å². The number of ether oxygens (including phenoxy) is 1. The molecule has 0 saturated carbocycles. The zero-order valence-corrected chi connectivity index (χ0v) is 9.75. The second-order valence-corrected chi connectivity index (χ2v) is 3.49. The molecule has 0 fully saturated rings. The number of nitrogens with one attached hydrogen (secondary N) is 1. The van der Waals surface area contributed by atoms with Crippen LogP contribution < -0.4 is 5.32 Å². The summed E-state index contributed by atoms with van der Waals surface area (Å²) in [7, 11) is 1.04. The van der Waals surface area contributed by atoms with Crippen molar-refractivity contribution in [2.24, 2.45) is 0 Å². The Balaban J connectivity index is 2.92. The first-order valence-electron chi connectivity index (χ1n) is 5.04. The van der Waals surface area contributed by atoms with Gasteiger partial charge in [0.25, 0.3) is 5.91 Å². The van der Waals surface area contributed by atoms with Crippen molar-refractivity contribution in [3.8, 4) is 0 Å². The van der Waals surface area contributed by atoms with Crippen molar-refractivity contribution < 1.29 is 32.6 Å². The zero-order valence-electron chi connectivity index (χ0n) is 9.75. The lowest BCUT2D eigenvalue weighted by Gasteiger charge is -2.13. The van der Waals surface area contributed by atoms with Gasteiger partial charge in [-0.1, -0.05) is 0 Å². The molecule has 1 atom stereocenters. The van der Waals surface area contributed by atoms with Gasteiger partial charge in [-0.05, 0) is 12.1 Å². The summed E-state index contributed by atoms with van der Waals surface area (Å²) < 4.78 is 42.8. The summed E-state index contributed by atoms with van der Waals surface area (Å²) in [6.45, 7) is -0.759. The summed E-state index contributed by atoms with van der Waals surface area (Å²) in [5.41, 5.74) is -0.529. The molecule has 1 aromatic carbocycles. The number of halogens is 3. The van der Waals surface area contributed by atoms with Crippen LogP contribution in [0.1, 0.15) is 10.4 Å². The van der Waals surface area contributed by atoms with Crippen LogP contribution in [-0.4, -0.2) is 36.7 Å². The Kier molecular flexibility index (Phi) is 4.87. The lowest BCUT2D eigenvalue weighted by atomic mass is 10.1. The monoisotopic (exact) mass is 277 g/mol. The Bertz CT molecular complexity index is 484. The van der Waals surface area contributed by atoms with Crippen LogP contribution in [0.15, 0.2) is 12.1 Å². The van der Waals surface area contributed by atoms with Crippen LogP contribution in [0.3, 0.4) is 0 Å². The second kappa shape index (κ2) is 6.19. The van der Waals surface area contributed by atoms with E-state index in [0.29, 0.717) is 12.1 Å². The maximum absolute atomic E-state index is 12.9. The first-order chi connectivity index (χ1) is 8.90.